The molecular formula is C25H26N4O2S. The van der Waals surface area contributed by atoms with Crippen LogP contribution in [0, 0.1) is 0 Å². The first-order valence-electron chi connectivity index (χ1n) is 10.7. The van der Waals surface area contributed by atoms with Crippen molar-refractivity contribution >= 4 is 28.7 Å². The summed E-state index contributed by atoms with van der Waals surface area (Å²) in [7, 11) is 0. The predicted molar refractivity (Wildman–Crippen MR) is 130 cm³/mol. The van der Waals surface area contributed by atoms with Crippen molar-refractivity contribution in [2.24, 2.45) is 0 Å². The van der Waals surface area contributed by atoms with E-state index in [2.05, 4.69) is 4.98 Å². The zero-order valence-corrected chi connectivity index (χ0v) is 19.1. The molecule has 0 aliphatic carbocycles. The van der Waals surface area contributed by atoms with Gasteiger partial charge in [0.15, 0.2) is 5.16 Å². The summed E-state index contributed by atoms with van der Waals surface area (Å²) >= 11 is 1.31. The Morgan fingerprint density at radius 1 is 1.03 bits per heavy atom. The van der Waals surface area contributed by atoms with Gasteiger partial charge >= 0.3 is 0 Å². The summed E-state index contributed by atoms with van der Waals surface area (Å²) in [4.78, 5) is 35.9. The maximum atomic E-state index is 13.5. The number of aromatic nitrogens is 3. The topological polar surface area (TPSA) is 71.0 Å². The fourth-order valence-corrected chi connectivity index (χ4v) is 4.56. The standard InChI is InChI=1S/C25H26N4O2S/c1-3-28(4-2)22(30)17-32-25-27-21-15-20(19-13-9-6-10-14-19)26-23(21)24(31)29(25)16-18-11-7-5-8-12-18/h5-15,26H,3-4,16-17H2,1-2H3. The number of carbonyl (C=O) groups excluding carboxylic acids is 1. The third-order valence-corrected chi connectivity index (χ3v) is 6.37. The molecule has 0 atom stereocenters. The largest absolute Gasteiger partial charge is 0.349 e. The van der Waals surface area contributed by atoms with Gasteiger partial charge < -0.3 is 9.88 Å². The molecule has 0 fully saturated rings. The van der Waals surface area contributed by atoms with E-state index in [9.17, 15) is 9.59 Å². The minimum atomic E-state index is -0.140. The molecule has 0 radical (unpaired) electrons. The van der Waals surface area contributed by atoms with Crippen LogP contribution in [0.25, 0.3) is 22.3 Å². The molecule has 4 aromatic rings. The number of rotatable bonds is 8. The molecule has 2 heterocycles. The maximum Gasteiger partial charge on any atom is 0.278 e. The molecule has 6 nitrogen and oxygen atoms in total. The number of nitrogens with zero attached hydrogens (tertiary/aromatic N) is 3. The number of fused-ring (bicyclic) bond motifs is 1. The van der Waals surface area contributed by atoms with Crippen LogP contribution in [0.4, 0.5) is 0 Å². The highest BCUT2D eigenvalue weighted by molar-refractivity contribution is 7.99. The number of aromatic amines is 1. The van der Waals surface area contributed by atoms with Gasteiger partial charge in [-0.15, -0.1) is 0 Å². The lowest BCUT2D eigenvalue weighted by Gasteiger charge is -2.18. The van der Waals surface area contributed by atoms with Crippen molar-refractivity contribution in [1.82, 2.24) is 19.4 Å². The fraction of sp³-hybridized carbons (Fsp3) is 0.240. The van der Waals surface area contributed by atoms with Gasteiger partial charge in [0.25, 0.3) is 5.56 Å². The minimum absolute atomic E-state index is 0.0413. The second-order valence-corrected chi connectivity index (χ2v) is 8.38. The molecule has 2 aromatic carbocycles. The summed E-state index contributed by atoms with van der Waals surface area (Å²) in [5.74, 6) is 0.282. The smallest absolute Gasteiger partial charge is 0.278 e. The summed E-state index contributed by atoms with van der Waals surface area (Å²) in [5, 5.41) is 0.547. The second kappa shape index (κ2) is 9.87. The van der Waals surface area contributed by atoms with Crippen LogP contribution in [0.15, 0.2) is 76.7 Å². The van der Waals surface area contributed by atoms with Crippen molar-refractivity contribution in [2.75, 3.05) is 18.8 Å². The quantitative estimate of drug-likeness (QED) is 0.322. The molecule has 164 valence electrons. The molecule has 0 aliphatic rings. The van der Waals surface area contributed by atoms with Gasteiger partial charge in [0.05, 0.1) is 17.8 Å². The molecular weight excluding hydrogens is 420 g/mol. The number of benzene rings is 2. The van der Waals surface area contributed by atoms with Crippen LogP contribution in [-0.2, 0) is 11.3 Å². The molecule has 0 spiro atoms. The summed E-state index contributed by atoms with van der Waals surface area (Å²) in [6.45, 7) is 5.65. The van der Waals surface area contributed by atoms with Crippen LogP contribution in [0.2, 0.25) is 0 Å². The Balaban J connectivity index is 1.75. The molecule has 0 aliphatic heterocycles. The molecule has 0 saturated heterocycles. The van der Waals surface area contributed by atoms with Crippen molar-refractivity contribution in [3.63, 3.8) is 0 Å². The first-order chi connectivity index (χ1) is 15.6. The predicted octanol–water partition coefficient (Wildman–Crippen LogP) is 4.40. The van der Waals surface area contributed by atoms with Gasteiger partial charge in [0.2, 0.25) is 5.91 Å². The molecule has 0 unspecified atom stereocenters. The summed E-state index contributed by atoms with van der Waals surface area (Å²) in [6, 6.07) is 21.6. The fourth-order valence-electron chi connectivity index (χ4n) is 3.66. The number of thioether (sulfide) groups is 1. The van der Waals surface area contributed by atoms with Gasteiger partial charge in [-0.2, -0.15) is 0 Å². The molecule has 7 heteroatoms. The Labute approximate surface area is 191 Å². The van der Waals surface area contributed by atoms with E-state index >= 15 is 0 Å². The molecule has 32 heavy (non-hydrogen) atoms. The average molecular weight is 447 g/mol. The van der Waals surface area contributed by atoms with E-state index in [0.717, 1.165) is 16.8 Å². The van der Waals surface area contributed by atoms with E-state index in [1.54, 1.807) is 9.47 Å². The van der Waals surface area contributed by atoms with Crippen molar-refractivity contribution in [3.05, 3.63) is 82.6 Å². The molecule has 0 saturated carbocycles. The lowest BCUT2D eigenvalue weighted by molar-refractivity contribution is -0.127. The van der Waals surface area contributed by atoms with Crippen molar-refractivity contribution in [1.29, 1.82) is 0 Å². The number of hydrogen-bond donors (Lipinski definition) is 1. The minimum Gasteiger partial charge on any atom is -0.349 e. The summed E-state index contributed by atoms with van der Waals surface area (Å²) in [5.41, 5.74) is 3.78. The van der Waals surface area contributed by atoms with Crippen LogP contribution >= 0.6 is 11.8 Å². The highest BCUT2D eigenvalue weighted by atomic mass is 32.2. The number of carbonyl (C=O) groups is 1. The Morgan fingerprint density at radius 3 is 2.34 bits per heavy atom. The SMILES string of the molecule is CCN(CC)C(=O)CSc1nc2cc(-c3ccccc3)[nH]c2c(=O)n1Cc1ccccc1. The van der Waals surface area contributed by atoms with E-state index in [1.807, 2.05) is 80.6 Å². The van der Waals surface area contributed by atoms with Crippen molar-refractivity contribution in [3.8, 4) is 11.3 Å². The van der Waals surface area contributed by atoms with E-state index in [0.29, 0.717) is 35.8 Å². The van der Waals surface area contributed by atoms with E-state index in [4.69, 9.17) is 4.98 Å². The Hall–Kier alpha value is -3.32. The molecule has 4 rings (SSSR count). The second-order valence-electron chi connectivity index (χ2n) is 7.44. The number of H-pyrrole nitrogens is 1. The first kappa shape index (κ1) is 21.9. The number of hydrogen-bond acceptors (Lipinski definition) is 4. The number of nitrogens with one attached hydrogen (secondary N) is 1. The lowest BCUT2D eigenvalue weighted by Crippen LogP contribution is -2.32. The zero-order valence-electron chi connectivity index (χ0n) is 18.2. The highest BCUT2D eigenvalue weighted by Gasteiger charge is 2.17. The maximum absolute atomic E-state index is 13.5. The third-order valence-electron chi connectivity index (χ3n) is 5.41. The van der Waals surface area contributed by atoms with Crippen LogP contribution in [0.5, 0.6) is 0 Å². The van der Waals surface area contributed by atoms with Gasteiger partial charge in [0, 0.05) is 18.8 Å². The van der Waals surface area contributed by atoms with Gasteiger partial charge in [-0.25, -0.2) is 4.98 Å². The molecule has 1 N–H and O–H groups in total. The summed E-state index contributed by atoms with van der Waals surface area (Å²) in [6.07, 6.45) is 0. The van der Waals surface area contributed by atoms with Crippen LogP contribution < -0.4 is 5.56 Å². The third kappa shape index (κ3) is 4.62. The van der Waals surface area contributed by atoms with E-state index < -0.39 is 0 Å². The Morgan fingerprint density at radius 2 is 1.69 bits per heavy atom. The van der Waals surface area contributed by atoms with Gasteiger partial charge in [0.1, 0.15) is 5.52 Å². The van der Waals surface area contributed by atoms with Gasteiger partial charge in [-0.05, 0) is 31.0 Å². The zero-order chi connectivity index (χ0) is 22.5. The molecule has 0 bridgehead atoms. The monoisotopic (exact) mass is 446 g/mol. The van der Waals surface area contributed by atoms with Crippen molar-refractivity contribution < 1.29 is 4.79 Å². The molecule has 1 amide bonds. The number of amides is 1. The van der Waals surface area contributed by atoms with Gasteiger partial charge in [-0.1, -0.05) is 72.4 Å². The van der Waals surface area contributed by atoms with Crippen LogP contribution in [0.1, 0.15) is 19.4 Å². The average Bonchev–Trinajstić information content (AvgIpc) is 3.26. The van der Waals surface area contributed by atoms with E-state index in [-0.39, 0.29) is 17.2 Å². The first-order valence-corrected chi connectivity index (χ1v) is 11.7. The molecule has 2 aromatic heterocycles. The lowest BCUT2D eigenvalue weighted by atomic mass is 10.2. The Bertz CT molecular complexity index is 1260. The highest BCUT2D eigenvalue weighted by Crippen LogP contribution is 2.24. The Kier molecular flexibility index (Phi) is 6.75. The van der Waals surface area contributed by atoms with Gasteiger partial charge in [-0.3, -0.25) is 14.2 Å². The van der Waals surface area contributed by atoms with Crippen LogP contribution in [-0.4, -0.2) is 44.2 Å². The van der Waals surface area contributed by atoms with Crippen molar-refractivity contribution in [2.45, 2.75) is 25.5 Å². The van der Waals surface area contributed by atoms with E-state index in [1.165, 1.54) is 11.8 Å². The normalized spacial score (nSPS) is 11.1. The summed E-state index contributed by atoms with van der Waals surface area (Å²) < 4.78 is 1.66. The van der Waals surface area contributed by atoms with Crippen LogP contribution in [0.3, 0.4) is 0 Å².